The van der Waals surface area contributed by atoms with Crippen molar-refractivity contribution in [2.45, 2.75) is 33.3 Å². The molecule has 0 heterocycles. The molecule has 0 saturated carbocycles. The molecular weight excluding hydrogens is 308 g/mol. The molecule has 0 aromatic heterocycles. The Hall–Kier alpha value is -0.0500. The first-order chi connectivity index (χ1) is 8.04. The number of carbonyl (C=O) groups is 1. The molecule has 0 saturated heterocycles. The number of carbonyl (C=O) groups excluding carboxylic acids is 1. The maximum Gasteiger partial charge on any atom is 0.303 e. The number of nitrogens with one attached hydrogen (secondary N) is 2. The van der Waals surface area contributed by atoms with Crippen LogP contribution in [0.1, 0.15) is 27.7 Å². The quantitative estimate of drug-likeness (QED) is 0.275. The number of esters is 1. The van der Waals surface area contributed by atoms with E-state index >= 15 is 0 Å². The van der Waals surface area contributed by atoms with E-state index in [1.54, 1.807) is 0 Å². The maximum absolute atomic E-state index is 10.2. The molecule has 2 N–H and O–H groups in total. The molecule has 0 aliphatic heterocycles. The number of thiocarbonyl (C=S) groups is 2. The summed E-state index contributed by atoms with van der Waals surface area (Å²) in [6, 6.07) is 0. The Morgan fingerprint density at radius 1 is 1.11 bits per heavy atom. The SMILES string of the molecule is CC(=O)OC(C)(C)C.S=C(S)NCCNC(=S)S. The third-order valence-corrected chi connectivity index (χ3v) is 1.73. The molecule has 4 nitrogen and oxygen atoms in total. The first-order valence-corrected chi connectivity index (χ1v) is 6.89. The summed E-state index contributed by atoms with van der Waals surface area (Å²) in [6.45, 7) is 8.36. The minimum Gasteiger partial charge on any atom is -0.460 e. The van der Waals surface area contributed by atoms with Gasteiger partial charge in [-0.3, -0.25) is 4.79 Å². The van der Waals surface area contributed by atoms with Crippen molar-refractivity contribution in [2.24, 2.45) is 0 Å². The fourth-order valence-electron chi connectivity index (χ4n) is 0.770. The lowest BCUT2D eigenvalue weighted by molar-refractivity contribution is -0.151. The molecule has 0 aromatic carbocycles. The number of rotatable bonds is 3. The fraction of sp³-hybridized carbons (Fsp3) is 0.700. The van der Waals surface area contributed by atoms with Crippen molar-refractivity contribution in [3.05, 3.63) is 0 Å². The Kier molecular flexibility index (Phi) is 12.2. The van der Waals surface area contributed by atoms with Gasteiger partial charge in [-0.05, 0) is 20.8 Å². The summed E-state index contributed by atoms with van der Waals surface area (Å²) in [6.07, 6.45) is 0. The normalized spacial score (nSPS) is 9.67. The molecule has 0 amide bonds. The molecule has 0 rings (SSSR count). The first kappa shape index (κ1) is 20.3. The van der Waals surface area contributed by atoms with Gasteiger partial charge in [-0.1, -0.05) is 24.4 Å². The summed E-state index contributed by atoms with van der Waals surface area (Å²) < 4.78 is 5.78. The summed E-state index contributed by atoms with van der Waals surface area (Å²) in [5.74, 6) is -0.225. The van der Waals surface area contributed by atoms with Crippen LogP contribution in [-0.4, -0.2) is 33.3 Å². The lowest BCUT2D eigenvalue weighted by Crippen LogP contribution is -2.29. The van der Waals surface area contributed by atoms with Crippen LogP contribution in [0.25, 0.3) is 0 Å². The standard InChI is InChI=1S/C6H12O2.C4H8N2S4/c1-5(7)8-6(2,3)4;7-3(8)5-1-2-6-4(9)10/h1-4H3;1-2H2,(H2,5,7,8)(H2,6,9,10). The molecule has 106 valence electrons. The van der Waals surface area contributed by atoms with E-state index in [-0.39, 0.29) is 11.6 Å². The molecule has 0 radical (unpaired) electrons. The zero-order valence-electron chi connectivity index (χ0n) is 10.9. The molecule has 0 atom stereocenters. The van der Waals surface area contributed by atoms with Crippen LogP contribution in [0.15, 0.2) is 0 Å². The van der Waals surface area contributed by atoms with Gasteiger partial charge in [0.25, 0.3) is 0 Å². The van der Waals surface area contributed by atoms with E-state index in [4.69, 9.17) is 4.74 Å². The summed E-state index contributed by atoms with van der Waals surface area (Å²) in [5, 5.41) is 5.68. The highest BCUT2D eigenvalue weighted by atomic mass is 32.1. The van der Waals surface area contributed by atoms with Gasteiger partial charge in [-0.25, -0.2) is 0 Å². The molecule has 0 bridgehead atoms. The van der Waals surface area contributed by atoms with Crippen molar-refractivity contribution in [3.8, 4) is 0 Å². The summed E-state index contributed by atoms with van der Waals surface area (Å²) in [7, 11) is 0. The largest absolute Gasteiger partial charge is 0.460 e. The van der Waals surface area contributed by atoms with Gasteiger partial charge >= 0.3 is 5.97 Å². The number of thiol groups is 2. The zero-order valence-corrected chi connectivity index (χ0v) is 14.4. The molecule has 0 aliphatic rings. The molecule has 0 aromatic rings. The lowest BCUT2D eigenvalue weighted by Gasteiger charge is -2.17. The van der Waals surface area contributed by atoms with E-state index in [1.807, 2.05) is 20.8 Å². The van der Waals surface area contributed by atoms with Gasteiger partial charge in [-0.15, -0.1) is 25.3 Å². The van der Waals surface area contributed by atoms with Crippen LogP contribution in [0.4, 0.5) is 0 Å². The van der Waals surface area contributed by atoms with Crippen molar-refractivity contribution in [2.75, 3.05) is 13.1 Å². The van der Waals surface area contributed by atoms with Crippen LogP contribution in [0, 0.1) is 0 Å². The van der Waals surface area contributed by atoms with Crippen LogP contribution in [0.5, 0.6) is 0 Å². The first-order valence-electron chi connectivity index (χ1n) is 5.17. The van der Waals surface area contributed by atoms with E-state index < -0.39 is 0 Å². The monoisotopic (exact) mass is 328 g/mol. The average molecular weight is 329 g/mol. The number of hydrogen-bond acceptors (Lipinski definition) is 4. The molecule has 18 heavy (non-hydrogen) atoms. The third kappa shape index (κ3) is 25.0. The van der Waals surface area contributed by atoms with Crippen molar-refractivity contribution in [3.63, 3.8) is 0 Å². The van der Waals surface area contributed by atoms with Crippen LogP contribution in [0.2, 0.25) is 0 Å². The van der Waals surface area contributed by atoms with Crippen LogP contribution < -0.4 is 10.6 Å². The predicted octanol–water partition coefficient (Wildman–Crippen LogP) is 1.94. The van der Waals surface area contributed by atoms with Gasteiger partial charge in [0.1, 0.15) is 14.2 Å². The number of ether oxygens (including phenoxy) is 1. The highest BCUT2D eigenvalue weighted by molar-refractivity contribution is 8.11. The molecule has 0 fully saturated rings. The smallest absolute Gasteiger partial charge is 0.303 e. The summed E-state index contributed by atoms with van der Waals surface area (Å²) in [5.41, 5.74) is -0.328. The summed E-state index contributed by atoms with van der Waals surface area (Å²) in [4.78, 5) is 10.2. The Bertz CT molecular complexity index is 274. The summed E-state index contributed by atoms with van der Waals surface area (Å²) >= 11 is 17.0. The fourth-order valence-corrected chi connectivity index (χ4v) is 1.20. The number of hydrogen-bond donors (Lipinski definition) is 4. The average Bonchev–Trinajstić information content (AvgIpc) is 2.08. The van der Waals surface area contributed by atoms with Crippen molar-refractivity contribution >= 4 is 64.3 Å². The molecule has 8 heteroatoms. The second-order valence-electron chi connectivity index (χ2n) is 4.17. The highest BCUT2D eigenvalue weighted by Gasteiger charge is 2.11. The van der Waals surface area contributed by atoms with Gasteiger partial charge in [0.2, 0.25) is 0 Å². The van der Waals surface area contributed by atoms with Gasteiger partial charge in [0.15, 0.2) is 0 Å². The Morgan fingerprint density at radius 3 is 1.56 bits per heavy atom. The van der Waals surface area contributed by atoms with Gasteiger partial charge in [0, 0.05) is 20.0 Å². The van der Waals surface area contributed by atoms with E-state index in [0.29, 0.717) is 21.7 Å². The Morgan fingerprint density at radius 2 is 1.44 bits per heavy atom. The van der Waals surface area contributed by atoms with Crippen molar-refractivity contribution in [1.29, 1.82) is 0 Å². The zero-order chi connectivity index (χ0) is 14.8. The van der Waals surface area contributed by atoms with Gasteiger partial charge in [0.05, 0.1) is 0 Å². The minimum atomic E-state index is -0.328. The minimum absolute atomic E-state index is 0.225. The van der Waals surface area contributed by atoms with Crippen molar-refractivity contribution < 1.29 is 9.53 Å². The van der Waals surface area contributed by atoms with Gasteiger partial charge in [-0.2, -0.15) is 0 Å². The molecular formula is C10H20N2O2S4. The van der Waals surface area contributed by atoms with E-state index in [0.717, 1.165) is 0 Å². The van der Waals surface area contributed by atoms with Crippen molar-refractivity contribution in [1.82, 2.24) is 10.6 Å². The van der Waals surface area contributed by atoms with Crippen LogP contribution >= 0.6 is 49.7 Å². The topological polar surface area (TPSA) is 50.4 Å². The second kappa shape index (κ2) is 10.8. The second-order valence-corrected chi connectivity index (χ2v) is 6.49. The van der Waals surface area contributed by atoms with E-state index in [2.05, 4.69) is 60.3 Å². The maximum atomic E-state index is 10.2. The highest BCUT2D eigenvalue weighted by Crippen LogP contribution is 2.05. The Balaban J connectivity index is 0. The molecule has 0 unspecified atom stereocenters. The van der Waals surface area contributed by atoms with Gasteiger partial charge < -0.3 is 15.4 Å². The Labute approximate surface area is 130 Å². The third-order valence-electron chi connectivity index (χ3n) is 1.13. The molecule has 0 spiro atoms. The van der Waals surface area contributed by atoms with E-state index in [9.17, 15) is 4.79 Å². The van der Waals surface area contributed by atoms with Crippen LogP contribution in [-0.2, 0) is 9.53 Å². The molecule has 0 aliphatic carbocycles. The predicted molar refractivity (Wildman–Crippen MR) is 90.7 cm³/mol. The van der Waals surface area contributed by atoms with Crippen LogP contribution in [0.3, 0.4) is 0 Å². The van der Waals surface area contributed by atoms with E-state index in [1.165, 1.54) is 6.92 Å². The lowest BCUT2D eigenvalue weighted by atomic mass is 10.2.